The first-order valence-corrected chi connectivity index (χ1v) is 18.9. The Hall–Kier alpha value is -7.53. The standard InChI is InChI=1S/2C13H7ClFN3O3.C6H5ClFN.C6H2ClN3O3/c2*14-9-4-7(5-10(15)6-9)3-8-1-2-11-12(17-21-16-11)13(8)18(19)20;7-4-1-5(8)3-6(9)2-4;7-3-1-2-4-5(9-13-8-4)6(3)10(11)12/h2*1-2,4-6H,3H2;1-3H,9H2;1-2H. The van der Waals surface area contributed by atoms with E-state index in [9.17, 15) is 43.5 Å². The Kier molecular flexibility index (Phi) is 14.4. The molecule has 0 saturated heterocycles. The lowest BCUT2D eigenvalue weighted by Gasteiger charge is -2.04. The maximum atomic E-state index is 13.3. The minimum absolute atomic E-state index is 0.0215. The van der Waals surface area contributed by atoms with Crippen LogP contribution in [0.25, 0.3) is 33.1 Å². The maximum Gasteiger partial charge on any atom is 0.319 e. The van der Waals surface area contributed by atoms with Gasteiger partial charge >= 0.3 is 17.1 Å². The molecular weight excluding hydrogens is 939 g/mol. The minimum Gasteiger partial charge on any atom is -0.399 e. The second-order valence-corrected chi connectivity index (χ2v) is 14.5. The summed E-state index contributed by atoms with van der Waals surface area (Å²) in [7, 11) is 0. The van der Waals surface area contributed by atoms with Crippen molar-refractivity contribution in [2.24, 2.45) is 0 Å². The number of nitrogens with zero attached hydrogens (tertiary/aromatic N) is 9. The summed E-state index contributed by atoms with van der Waals surface area (Å²) in [5, 5.41) is 54.9. The van der Waals surface area contributed by atoms with Gasteiger partial charge in [0.1, 0.15) is 39.0 Å². The van der Waals surface area contributed by atoms with Gasteiger partial charge in [0.05, 0.1) is 14.8 Å². The van der Waals surface area contributed by atoms with Crippen molar-refractivity contribution < 1.29 is 41.8 Å². The summed E-state index contributed by atoms with van der Waals surface area (Å²) in [5.41, 5.74) is 7.83. The van der Waals surface area contributed by atoms with Gasteiger partial charge in [-0.15, -0.1) is 0 Å². The van der Waals surface area contributed by atoms with Crippen molar-refractivity contribution in [2.45, 2.75) is 12.8 Å². The Bertz CT molecular complexity index is 2980. The first kappa shape index (κ1) is 46.0. The summed E-state index contributed by atoms with van der Waals surface area (Å²) in [6.45, 7) is 0. The highest BCUT2D eigenvalue weighted by molar-refractivity contribution is 6.34. The van der Waals surface area contributed by atoms with Gasteiger partial charge in [-0.05, 0) is 133 Å². The van der Waals surface area contributed by atoms with Gasteiger partial charge in [0.25, 0.3) is 0 Å². The molecule has 19 nitrogen and oxygen atoms in total. The number of hydrogen-bond acceptors (Lipinski definition) is 16. The molecule has 0 bridgehead atoms. The number of aromatic nitrogens is 6. The van der Waals surface area contributed by atoms with Crippen LogP contribution >= 0.6 is 46.4 Å². The number of fused-ring (bicyclic) bond motifs is 3. The monoisotopic (exact) mass is 958 g/mol. The van der Waals surface area contributed by atoms with Gasteiger partial charge in [0, 0.05) is 44.7 Å². The zero-order chi connectivity index (χ0) is 46.2. The summed E-state index contributed by atoms with van der Waals surface area (Å²) < 4.78 is 52.3. The van der Waals surface area contributed by atoms with Gasteiger partial charge in [0.15, 0.2) is 0 Å². The molecular formula is C38H21Cl4F3N10O9. The van der Waals surface area contributed by atoms with E-state index in [-0.39, 0.29) is 61.5 Å². The highest BCUT2D eigenvalue weighted by Gasteiger charge is 2.24. The molecule has 0 aliphatic heterocycles. The SMILES string of the molecule is Nc1cc(F)cc(Cl)c1.O=[N+]([O-])c1c(Cc2cc(F)cc(Cl)c2)ccc2nonc12.O=[N+]([O-])c1c(Cc2cc(F)cc(Cl)c2)ccc2nonc12.O=[N+]([O-])c1c(Cl)ccc2nonc12. The predicted octanol–water partition coefficient (Wildman–Crippen LogP) is 10.9. The molecule has 3 heterocycles. The van der Waals surface area contributed by atoms with Crippen LogP contribution in [-0.4, -0.2) is 45.7 Å². The Morgan fingerprint density at radius 1 is 0.484 bits per heavy atom. The van der Waals surface area contributed by atoms with Crippen LogP contribution in [0.4, 0.5) is 35.9 Å². The number of anilines is 1. The molecule has 0 amide bonds. The second kappa shape index (κ2) is 20.1. The molecule has 0 fully saturated rings. The van der Waals surface area contributed by atoms with Crippen molar-refractivity contribution in [2.75, 3.05) is 5.73 Å². The molecule has 6 aromatic carbocycles. The van der Waals surface area contributed by atoms with E-state index in [4.69, 9.17) is 52.1 Å². The van der Waals surface area contributed by atoms with Crippen molar-refractivity contribution in [1.29, 1.82) is 0 Å². The van der Waals surface area contributed by atoms with Crippen molar-refractivity contribution in [3.8, 4) is 0 Å². The summed E-state index contributed by atoms with van der Waals surface area (Å²) in [4.78, 5) is 31.3. The minimum atomic E-state index is -0.616. The summed E-state index contributed by atoms with van der Waals surface area (Å²) in [6.07, 6.45) is 0.299. The highest BCUT2D eigenvalue weighted by atomic mass is 35.5. The van der Waals surface area contributed by atoms with E-state index in [1.807, 2.05) is 0 Å². The summed E-state index contributed by atoms with van der Waals surface area (Å²) in [6, 6.07) is 21.0. The molecule has 0 radical (unpaired) electrons. The molecule has 9 aromatic rings. The number of hydrogen-bond donors (Lipinski definition) is 1. The molecule has 0 atom stereocenters. The molecule has 64 heavy (non-hydrogen) atoms. The summed E-state index contributed by atoms with van der Waals surface area (Å²) in [5.74, 6) is -1.39. The van der Waals surface area contributed by atoms with Gasteiger partial charge in [-0.25, -0.2) is 27.1 Å². The Morgan fingerprint density at radius 2 is 0.844 bits per heavy atom. The zero-order valence-electron chi connectivity index (χ0n) is 31.5. The van der Waals surface area contributed by atoms with Crippen molar-refractivity contribution in [1.82, 2.24) is 30.9 Å². The number of nitro benzene ring substituents is 3. The van der Waals surface area contributed by atoms with E-state index >= 15 is 0 Å². The number of nitrogen functional groups attached to an aromatic ring is 1. The molecule has 9 rings (SSSR count). The summed E-state index contributed by atoms with van der Waals surface area (Å²) >= 11 is 22.6. The Labute approximate surface area is 373 Å². The van der Waals surface area contributed by atoms with Gasteiger partial charge in [-0.2, -0.15) is 0 Å². The first-order chi connectivity index (χ1) is 30.5. The van der Waals surface area contributed by atoms with Crippen LogP contribution in [0.3, 0.4) is 0 Å². The van der Waals surface area contributed by atoms with Gasteiger partial charge in [-0.1, -0.05) is 46.4 Å². The molecule has 0 aliphatic carbocycles. The van der Waals surface area contributed by atoms with E-state index in [0.717, 1.165) is 0 Å². The number of rotatable bonds is 7. The number of benzene rings is 6. The number of nitro groups is 3. The van der Waals surface area contributed by atoms with Crippen LogP contribution < -0.4 is 5.73 Å². The average Bonchev–Trinajstić information content (AvgIpc) is 3.98. The molecule has 326 valence electrons. The molecule has 26 heteroatoms. The normalized spacial score (nSPS) is 10.7. The van der Waals surface area contributed by atoms with E-state index < -0.39 is 32.2 Å². The fourth-order valence-corrected chi connectivity index (χ4v) is 6.82. The predicted molar refractivity (Wildman–Crippen MR) is 225 cm³/mol. The molecule has 3 aromatic heterocycles. The Morgan fingerprint density at radius 3 is 1.20 bits per heavy atom. The van der Waals surface area contributed by atoms with E-state index in [0.29, 0.717) is 49.5 Å². The largest absolute Gasteiger partial charge is 0.399 e. The maximum absolute atomic E-state index is 13.3. The fourth-order valence-electron chi connectivity index (χ4n) is 5.88. The molecule has 0 aliphatic rings. The Balaban J connectivity index is 0.000000149. The van der Waals surface area contributed by atoms with Crippen LogP contribution in [-0.2, 0) is 12.8 Å². The average molecular weight is 960 g/mol. The van der Waals surface area contributed by atoms with Crippen LogP contribution in [0.5, 0.6) is 0 Å². The van der Waals surface area contributed by atoms with Crippen LogP contribution in [0.1, 0.15) is 22.3 Å². The lowest BCUT2D eigenvalue weighted by Crippen LogP contribution is -1.98. The highest BCUT2D eigenvalue weighted by Crippen LogP contribution is 2.33. The van der Waals surface area contributed by atoms with Crippen molar-refractivity contribution in [3.05, 3.63) is 181 Å². The van der Waals surface area contributed by atoms with E-state index in [1.54, 1.807) is 36.4 Å². The van der Waals surface area contributed by atoms with Gasteiger partial charge in [-0.3, -0.25) is 30.3 Å². The third-order valence-electron chi connectivity index (χ3n) is 8.39. The molecule has 2 N–H and O–H groups in total. The quantitative estimate of drug-likeness (QED) is 0.0883. The first-order valence-electron chi connectivity index (χ1n) is 17.4. The van der Waals surface area contributed by atoms with Crippen molar-refractivity contribution >= 4 is 102 Å². The smallest absolute Gasteiger partial charge is 0.319 e. The van der Waals surface area contributed by atoms with Crippen LogP contribution in [0, 0.1) is 47.8 Å². The third kappa shape index (κ3) is 11.3. The third-order valence-corrected chi connectivity index (χ3v) is 9.35. The van der Waals surface area contributed by atoms with Crippen LogP contribution in [0.2, 0.25) is 20.1 Å². The number of nitrogens with two attached hydrogens (primary N) is 1. The second-order valence-electron chi connectivity index (χ2n) is 12.8. The van der Waals surface area contributed by atoms with Gasteiger partial charge in [0.2, 0.25) is 16.6 Å². The van der Waals surface area contributed by atoms with E-state index in [1.165, 1.54) is 54.6 Å². The number of halogens is 7. The van der Waals surface area contributed by atoms with Gasteiger partial charge < -0.3 is 5.73 Å². The van der Waals surface area contributed by atoms with Crippen LogP contribution in [0.15, 0.2) is 105 Å². The lowest BCUT2D eigenvalue weighted by atomic mass is 10.0. The molecule has 0 unspecified atom stereocenters. The molecule has 0 saturated carbocycles. The fraction of sp³-hybridized carbons (Fsp3) is 0.0526. The van der Waals surface area contributed by atoms with E-state index in [2.05, 4.69) is 44.8 Å². The molecule has 0 spiro atoms. The topological polar surface area (TPSA) is 272 Å². The van der Waals surface area contributed by atoms with Crippen molar-refractivity contribution in [3.63, 3.8) is 0 Å². The lowest BCUT2D eigenvalue weighted by molar-refractivity contribution is -0.384. The zero-order valence-corrected chi connectivity index (χ0v) is 34.5.